The molecule has 0 bridgehead atoms. The zero-order valence-corrected chi connectivity index (χ0v) is 13.3. The number of carbonyl (C=O) groups is 1. The van der Waals surface area contributed by atoms with Crippen LogP contribution in [0.3, 0.4) is 0 Å². The lowest BCUT2D eigenvalue weighted by Gasteiger charge is -2.36. The Morgan fingerprint density at radius 1 is 1.10 bits per heavy atom. The van der Waals surface area contributed by atoms with Gasteiger partial charge in [0.15, 0.2) is 0 Å². The van der Waals surface area contributed by atoms with E-state index in [1.165, 1.54) is 30.8 Å². The van der Waals surface area contributed by atoms with Gasteiger partial charge >= 0.3 is 0 Å². The first kappa shape index (κ1) is 14.9. The lowest BCUT2D eigenvalue weighted by Crippen LogP contribution is -2.51. The van der Waals surface area contributed by atoms with Gasteiger partial charge in [-0.25, -0.2) is 0 Å². The van der Waals surface area contributed by atoms with Gasteiger partial charge in [-0.15, -0.1) is 0 Å². The van der Waals surface area contributed by atoms with Gasteiger partial charge in [0.1, 0.15) is 0 Å². The molecule has 3 rings (SSSR count). The average Bonchev–Trinajstić information content (AvgIpc) is 2.56. The lowest BCUT2D eigenvalue weighted by molar-refractivity contribution is 0.0688. The molecule has 2 fully saturated rings. The van der Waals surface area contributed by atoms with Crippen molar-refractivity contribution in [2.24, 2.45) is 0 Å². The standard InChI is InChI=1S/C17H24N2OS/c20-17(14-5-2-1-3-6-14)19-10-4-7-16(13-19)18-15-8-11-21-12-9-15/h1-3,5-6,15-16,18H,4,7-13H2/t16-/m1/s1. The van der Waals surface area contributed by atoms with E-state index in [4.69, 9.17) is 0 Å². The number of hydrogen-bond acceptors (Lipinski definition) is 3. The van der Waals surface area contributed by atoms with Crippen LogP contribution in [0.4, 0.5) is 0 Å². The predicted molar refractivity (Wildman–Crippen MR) is 88.9 cm³/mol. The van der Waals surface area contributed by atoms with E-state index in [-0.39, 0.29) is 5.91 Å². The Kier molecular flexibility index (Phi) is 5.20. The molecule has 3 nitrogen and oxygen atoms in total. The Balaban J connectivity index is 1.56. The van der Waals surface area contributed by atoms with E-state index < -0.39 is 0 Å². The van der Waals surface area contributed by atoms with Crippen molar-refractivity contribution in [1.29, 1.82) is 0 Å². The number of nitrogens with one attached hydrogen (secondary N) is 1. The fourth-order valence-electron chi connectivity index (χ4n) is 3.26. The minimum atomic E-state index is 0.182. The van der Waals surface area contributed by atoms with Gasteiger partial charge in [-0.3, -0.25) is 4.79 Å². The van der Waals surface area contributed by atoms with Crippen molar-refractivity contribution in [2.75, 3.05) is 24.6 Å². The lowest BCUT2D eigenvalue weighted by atomic mass is 10.0. The van der Waals surface area contributed by atoms with E-state index >= 15 is 0 Å². The van der Waals surface area contributed by atoms with E-state index in [1.54, 1.807) is 0 Å². The molecule has 1 aromatic carbocycles. The maximum absolute atomic E-state index is 12.5. The molecule has 0 spiro atoms. The van der Waals surface area contributed by atoms with Crippen molar-refractivity contribution in [3.8, 4) is 0 Å². The normalized spacial score (nSPS) is 24.0. The Morgan fingerprint density at radius 3 is 2.62 bits per heavy atom. The molecule has 0 aliphatic carbocycles. The highest BCUT2D eigenvalue weighted by Crippen LogP contribution is 2.20. The first-order valence-corrected chi connectivity index (χ1v) is 9.16. The highest BCUT2D eigenvalue weighted by Gasteiger charge is 2.26. The van der Waals surface area contributed by atoms with Gasteiger partial charge in [0.2, 0.25) is 0 Å². The molecular weight excluding hydrogens is 280 g/mol. The molecule has 0 saturated carbocycles. The Morgan fingerprint density at radius 2 is 1.86 bits per heavy atom. The maximum atomic E-state index is 12.5. The third-order valence-electron chi connectivity index (χ3n) is 4.42. The van der Waals surface area contributed by atoms with Gasteiger partial charge in [-0.1, -0.05) is 18.2 Å². The smallest absolute Gasteiger partial charge is 0.253 e. The molecule has 1 aromatic rings. The first-order valence-electron chi connectivity index (χ1n) is 8.01. The van der Waals surface area contributed by atoms with Crippen molar-refractivity contribution in [2.45, 2.75) is 37.8 Å². The van der Waals surface area contributed by atoms with Crippen molar-refractivity contribution < 1.29 is 4.79 Å². The molecule has 1 N–H and O–H groups in total. The highest BCUT2D eigenvalue weighted by molar-refractivity contribution is 7.99. The monoisotopic (exact) mass is 304 g/mol. The quantitative estimate of drug-likeness (QED) is 0.932. The Bertz CT molecular complexity index is 459. The van der Waals surface area contributed by atoms with Crippen molar-refractivity contribution in [1.82, 2.24) is 10.2 Å². The number of thioether (sulfide) groups is 1. The molecule has 2 saturated heterocycles. The number of carbonyl (C=O) groups excluding carboxylic acids is 1. The van der Waals surface area contributed by atoms with Crippen LogP contribution in [0.5, 0.6) is 0 Å². The van der Waals surface area contributed by atoms with Crippen LogP contribution in [-0.4, -0.2) is 47.5 Å². The number of benzene rings is 1. The Hall–Kier alpha value is -1.00. The molecule has 2 aliphatic heterocycles. The summed E-state index contributed by atoms with van der Waals surface area (Å²) in [5, 5.41) is 3.79. The summed E-state index contributed by atoms with van der Waals surface area (Å²) in [5.41, 5.74) is 0.812. The summed E-state index contributed by atoms with van der Waals surface area (Å²) >= 11 is 2.06. The van der Waals surface area contributed by atoms with Crippen LogP contribution < -0.4 is 5.32 Å². The summed E-state index contributed by atoms with van der Waals surface area (Å²) in [6.45, 7) is 1.75. The van der Waals surface area contributed by atoms with Crippen molar-refractivity contribution in [3.05, 3.63) is 35.9 Å². The first-order chi connectivity index (χ1) is 10.3. The van der Waals surface area contributed by atoms with Crippen LogP contribution >= 0.6 is 11.8 Å². The second kappa shape index (κ2) is 7.32. The van der Waals surface area contributed by atoms with Gasteiger partial charge in [0.25, 0.3) is 5.91 Å². The molecule has 1 amide bonds. The van der Waals surface area contributed by atoms with E-state index in [9.17, 15) is 4.79 Å². The number of nitrogens with zero attached hydrogens (tertiary/aromatic N) is 1. The number of amides is 1. The minimum absolute atomic E-state index is 0.182. The summed E-state index contributed by atoms with van der Waals surface area (Å²) in [4.78, 5) is 14.6. The zero-order chi connectivity index (χ0) is 14.5. The third-order valence-corrected chi connectivity index (χ3v) is 5.47. The average molecular weight is 304 g/mol. The van der Waals surface area contributed by atoms with Crippen LogP contribution in [0.2, 0.25) is 0 Å². The van der Waals surface area contributed by atoms with E-state index in [2.05, 4.69) is 17.1 Å². The second-order valence-electron chi connectivity index (χ2n) is 6.01. The molecule has 1 atom stereocenters. The molecule has 0 unspecified atom stereocenters. The molecule has 2 aliphatic rings. The molecule has 2 heterocycles. The minimum Gasteiger partial charge on any atom is -0.337 e. The zero-order valence-electron chi connectivity index (χ0n) is 12.5. The summed E-state index contributed by atoms with van der Waals surface area (Å²) in [6, 6.07) is 10.8. The van der Waals surface area contributed by atoms with E-state index in [0.29, 0.717) is 12.1 Å². The Labute approximate surface area is 131 Å². The van der Waals surface area contributed by atoms with Crippen LogP contribution in [0, 0.1) is 0 Å². The highest BCUT2D eigenvalue weighted by atomic mass is 32.2. The van der Waals surface area contributed by atoms with E-state index in [1.807, 2.05) is 35.2 Å². The second-order valence-corrected chi connectivity index (χ2v) is 7.23. The molecular formula is C17H24N2OS. The van der Waals surface area contributed by atoms with Gasteiger partial charge in [0, 0.05) is 30.7 Å². The van der Waals surface area contributed by atoms with Gasteiger partial charge in [-0.2, -0.15) is 11.8 Å². The van der Waals surface area contributed by atoms with Crippen molar-refractivity contribution in [3.63, 3.8) is 0 Å². The fraction of sp³-hybridized carbons (Fsp3) is 0.588. The SMILES string of the molecule is O=C(c1ccccc1)N1CCC[C@@H](NC2CCSCC2)C1. The number of likely N-dealkylation sites (tertiary alicyclic amines) is 1. The molecule has 0 aromatic heterocycles. The van der Waals surface area contributed by atoms with Gasteiger partial charge in [0.05, 0.1) is 0 Å². The van der Waals surface area contributed by atoms with Crippen LogP contribution in [0.1, 0.15) is 36.0 Å². The van der Waals surface area contributed by atoms with E-state index in [0.717, 1.165) is 25.1 Å². The fourth-order valence-corrected chi connectivity index (χ4v) is 4.37. The number of rotatable bonds is 3. The van der Waals surface area contributed by atoms with Gasteiger partial charge in [-0.05, 0) is 49.3 Å². The van der Waals surface area contributed by atoms with Gasteiger partial charge < -0.3 is 10.2 Å². The van der Waals surface area contributed by atoms with Crippen LogP contribution in [-0.2, 0) is 0 Å². The number of hydrogen-bond donors (Lipinski definition) is 1. The molecule has 21 heavy (non-hydrogen) atoms. The summed E-state index contributed by atoms with van der Waals surface area (Å²) < 4.78 is 0. The molecule has 114 valence electrons. The summed E-state index contributed by atoms with van der Waals surface area (Å²) in [5.74, 6) is 2.73. The summed E-state index contributed by atoms with van der Waals surface area (Å²) in [7, 11) is 0. The van der Waals surface area contributed by atoms with Crippen LogP contribution in [0.15, 0.2) is 30.3 Å². The summed E-state index contributed by atoms with van der Waals surface area (Å²) in [6.07, 6.45) is 4.85. The van der Waals surface area contributed by atoms with Crippen molar-refractivity contribution >= 4 is 17.7 Å². The predicted octanol–water partition coefficient (Wildman–Crippen LogP) is 2.78. The molecule has 4 heteroatoms. The topological polar surface area (TPSA) is 32.3 Å². The maximum Gasteiger partial charge on any atom is 0.253 e. The third kappa shape index (κ3) is 4.01. The van der Waals surface area contributed by atoms with Crippen LogP contribution in [0.25, 0.3) is 0 Å². The number of piperidine rings is 1. The molecule has 0 radical (unpaired) electrons. The largest absolute Gasteiger partial charge is 0.337 e.